The Hall–Kier alpha value is -2.19. The lowest BCUT2D eigenvalue weighted by atomic mass is 10.1. The molecule has 0 saturated carbocycles. The number of carbonyl (C=O) groups excluding carboxylic acids is 1. The highest BCUT2D eigenvalue weighted by atomic mass is 32.2. The summed E-state index contributed by atoms with van der Waals surface area (Å²) < 4.78 is 25.5. The lowest BCUT2D eigenvalue weighted by Gasteiger charge is -2.18. The van der Waals surface area contributed by atoms with Crippen molar-refractivity contribution >= 4 is 21.4 Å². The van der Waals surface area contributed by atoms with Gasteiger partial charge in [0.1, 0.15) is 0 Å². The van der Waals surface area contributed by atoms with Gasteiger partial charge >= 0.3 is 0 Å². The maximum absolute atomic E-state index is 12.5. The number of likely N-dealkylation sites (N-methyl/N-ethyl adjacent to an activating group) is 1. The van der Waals surface area contributed by atoms with Gasteiger partial charge in [0.25, 0.3) is 0 Å². The number of para-hydroxylation sites is 1. The first-order valence-electron chi connectivity index (χ1n) is 9.87. The second-order valence-corrected chi connectivity index (χ2v) is 10.4. The average Bonchev–Trinajstić information content (AvgIpc) is 3.12. The summed E-state index contributed by atoms with van der Waals surface area (Å²) in [6, 6.07) is 5.85. The van der Waals surface area contributed by atoms with Gasteiger partial charge in [-0.2, -0.15) is 5.10 Å². The monoisotopic (exact) mass is 418 g/mol. The van der Waals surface area contributed by atoms with Gasteiger partial charge in [0.2, 0.25) is 5.91 Å². The molecular formula is C21H30N4O3S. The zero-order valence-corrected chi connectivity index (χ0v) is 18.6. The smallest absolute Gasteiger partial charge is 0.238 e. The van der Waals surface area contributed by atoms with Gasteiger partial charge < -0.3 is 5.32 Å². The number of hydrogen-bond acceptors (Lipinski definition) is 5. The highest BCUT2D eigenvalue weighted by molar-refractivity contribution is 7.91. The average molecular weight is 419 g/mol. The fraction of sp³-hybridized carbons (Fsp3) is 0.524. The summed E-state index contributed by atoms with van der Waals surface area (Å²) in [5.74, 6) is 0.320. The van der Waals surface area contributed by atoms with Crippen LogP contribution in [0.25, 0.3) is 0 Å². The third-order valence-corrected chi connectivity index (χ3v) is 7.37. The Morgan fingerprint density at radius 3 is 2.48 bits per heavy atom. The number of nitrogens with zero attached hydrogens (tertiary/aromatic N) is 3. The van der Waals surface area contributed by atoms with Crippen molar-refractivity contribution in [3.05, 3.63) is 46.3 Å². The Bertz CT molecular complexity index is 1010. The van der Waals surface area contributed by atoms with Gasteiger partial charge in [-0.15, -0.1) is 0 Å². The van der Waals surface area contributed by atoms with Crippen molar-refractivity contribution in [1.82, 2.24) is 14.7 Å². The maximum atomic E-state index is 12.5. The van der Waals surface area contributed by atoms with Gasteiger partial charge in [-0.25, -0.2) is 8.42 Å². The molecule has 1 aliphatic rings. The Morgan fingerprint density at radius 2 is 1.90 bits per heavy atom. The van der Waals surface area contributed by atoms with Crippen molar-refractivity contribution in [3.63, 3.8) is 0 Å². The lowest BCUT2D eigenvalue weighted by Crippen LogP contribution is -2.30. The Balaban J connectivity index is 1.66. The number of anilines is 1. The Morgan fingerprint density at radius 1 is 1.24 bits per heavy atom. The van der Waals surface area contributed by atoms with Crippen molar-refractivity contribution in [1.29, 1.82) is 0 Å². The van der Waals surface area contributed by atoms with Gasteiger partial charge in [0.15, 0.2) is 9.84 Å². The Labute approximate surface area is 173 Å². The molecule has 2 heterocycles. The minimum Gasteiger partial charge on any atom is -0.324 e. The standard InChI is InChI=1S/C21H30N4O3S/c1-14-7-6-8-15(2)21(14)22-20(26)12-24(5)11-19-16(3)23-25(17(19)4)18-9-10-29(27,28)13-18/h6-8,18H,9-13H2,1-5H3,(H,22,26)/t18-/m0/s1. The number of hydrogen-bond donors (Lipinski definition) is 1. The molecule has 0 unspecified atom stereocenters. The predicted molar refractivity (Wildman–Crippen MR) is 115 cm³/mol. The van der Waals surface area contributed by atoms with Crippen molar-refractivity contribution < 1.29 is 13.2 Å². The first-order valence-corrected chi connectivity index (χ1v) is 11.7. The predicted octanol–water partition coefficient (Wildman–Crippen LogP) is 2.55. The van der Waals surface area contributed by atoms with Crippen LogP contribution in [0.2, 0.25) is 0 Å². The van der Waals surface area contributed by atoms with Crippen molar-refractivity contribution in [2.45, 2.75) is 46.7 Å². The van der Waals surface area contributed by atoms with E-state index in [9.17, 15) is 13.2 Å². The van der Waals surface area contributed by atoms with Crippen LogP contribution in [-0.4, -0.2) is 54.1 Å². The van der Waals surface area contributed by atoms with E-state index in [-0.39, 0.29) is 30.0 Å². The molecule has 0 bridgehead atoms. The van der Waals surface area contributed by atoms with Crippen molar-refractivity contribution in [3.8, 4) is 0 Å². The third-order valence-electron chi connectivity index (χ3n) is 5.62. The van der Waals surface area contributed by atoms with E-state index in [1.54, 1.807) is 0 Å². The minimum absolute atomic E-state index is 0.0607. The number of benzene rings is 1. The topological polar surface area (TPSA) is 84.3 Å². The number of aryl methyl sites for hydroxylation is 3. The van der Waals surface area contributed by atoms with Crippen LogP contribution in [0.4, 0.5) is 5.69 Å². The molecule has 1 aromatic heterocycles. The molecule has 1 fully saturated rings. The highest BCUT2D eigenvalue weighted by Gasteiger charge is 2.31. The molecule has 2 aromatic rings. The van der Waals surface area contributed by atoms with Crippen LogP contribution in [0, 0.1) is 27.7 Å². The molecule has 1 aromatic carbocycles. The summed E-state index contributed by atoms with van der Waals surface area (Å²) in [6.45, 7) is 8.72. The number of aromatic nitrogens is 2. The van der Waals surface area contributed by atoms with Gasteiger partial charge in [-0.3, -0.25) is 14.4 Å². The van der Waals surface area contributed by atoms with Crippen LogP contribution in [0.15, 0.2) is 18.2 Å². The summed E-state index contributed by atoms with van der Waals surface area (Å²) in [6.07, 6.45) is 0.609. The normalized spacial score (nSPS) is 18.3. The molecule has 29 heavy (non-hydrogen) atoms. The van der Waals surface area contributed by atoms with Gasteiger partial charge in [0, 0.05) is 23.5 Å². The summed E-state index contributed by atoms with van der Waals surface area (Å²) >= 11 is 0. The quantitative estimate of drug-likeness (QED) is 0.779. The van der Waals surface area contributed by atoms with Crippen LogP contribution in [0.1, 0.15) is 40.5 Å². The second-order valence-electron chi connectivity index (χ2n) is 8.14. The molecule has 0 radical (unpaired) electrons. The van der Waals surface area contributed by atoms with Gasteiger partial charge in [-0.05, 0) is 52.3 Å². The Kier molecular flexibility index (Phi) is 6.14. The summed E-state index contributed by atoms with van der Waals surface area (Å²) in [4.78, 5) is 14.5. The molecule has 1 atom stereocenters. The molecule has 158 valence electrons. The highest BCUT2D eigenvalue weighted by Crippen LogP contribution is 2.27. The van der Waals surface area contributed by atoms with Crippen LogP contribution >= 0.6 is 0 Å². The molecule has 0 aliphatic carbocycles. The van der Waals surface area contributed by atoms with Gasteiger partial charge in [-0.1, -0.05) is 18.2 Å². The fourth-order valence-corrected chi connectivity index (χ4v) is 5.70. The number of carbonyl (C=O) groups is 1. The fourth-order valence-electron chi connectivity index (χ4n) is 4.01. The molecule has 1 N–H and O–H groups in total. The van der Waals surface area contributed by atoms with E-state index < -0.39 is 9.84 Å². The first kappa shape index (κ1) is 21.5. The first-order chi connectivity index (χ1) is 13.6. The molecule has 1 saturated heterocycles. The molecule has 7 nitrogen and oxygen atoms in total. The second kappa shape index (κ2) is 8.28. The van der Waals surface area contributed by atoms with Crippen molar-refractivity contribution in [2.75, 3.05) is 30.4 Å². The number of nitrogens with one attached hydrogen (secondary N) is 1. The summed E-state index contributed by atoms with van der Waals surface area (Å²) in [5, 5.41) is 7.62. The van der Waals surface area contributed by atoms with E-state index in [0.29, 0.717) is 13.0 Å². The van der Waals surface area contributed by atoms with Crippen LogP contribution in [0.5, 0.6) is 0 Å². The number of amides is 1. The zero-order valence-electron chi connectivity index (χ0n) is 17.8. The molecule has 3 rings (SSSR count). The van der Waals surface area contributed by atoms with Crippen LogP contribution < -0.4 is 5.32 Å². The van der Waals surface area contributed by atoms with E-state index in [2.05, 4.69) is 10.4 Å². The van der Waals surface area contributed by atoms with E-state index in [4.69, 9.17) is 0 Å². The largest absolute Gasteiger partial charge is 0.324 e. The van der Waals surface area contributed by atoms with E-state index in [0.717, 1.165) is 33.8 Å². The van der Waals surface area contributed by atoms with Crippen LogP contribution in [-0.2, 0) is 21.2 Å². The third kappa shape index (κ3) is 4.87. The van der Waals surface area contributed by atoms with Crippen molar-refractivity contribution in [2.24, 2.45) is 0 Å². The molecule has 0 spiro atoms. The number of rotatable bonds is 6. The SMILES string of the molecule is Cc1cccc(C)c1NC(=O)CN(C)Cc1c(C)nn([C@H]2CCS(=O)(=O)C2)c1C. The van der Waals surface area contributed by atoms with Crippen LogP contribution in [0.3, 0.4) is 0 Å². The minimum atomic E-state index is -2.96. The van der Waals surface area contributed by atoms with E-state index >= 15 is 0 Å². The molecular weight excluding hydrogens is 388 g/mol. The lowest BCUT2D eigenvalue weighted by molar-refractivity contribution is -0.117. The maximum Gasteiger partial charge on any atom is 0.238 e. The summed E-state index contributed by atoms with van der Waals surface area (Å²) in [7, 11) is -1.06. The molecule has 8 heteroatoms. The molecule has 1 aliphatic heterocycles. The van der Waals surface area contributed by atoms with E-state index in [1.165, 1.54) is 0 Å². The van der Waals surface area contributed by atoms with Gasteiger partial charge in [0.05, 0.1) is 29.8 Å². The van der Waals surface area contributed by atoms with E-state index in [1.807, 2.05) is 62.5 Å². The zero-order chi connectivity index (χ0) is 21.3. The number of sulfone groups is 1. The molecule has 1 amide bonds. The summed E-state index contributed by atoms with van der Waals surface area (Å²) in [5.41, 5.74) is 5.87.